The van der Waals surface area contributed by atoms with Crippen molar-refractivity contribution in [2.24, 2.45) is 5.10 Å². The van der Waals surface area contributed by atoms with Gasteiger partial charge in [-0.1, -0.05) is 48.5 Å². The van der Waals surface area contributed by atoms with Crippen LogP contribution in [0.15, 0.2) is 65.8 Å². The molecule has 2 N–H and O–H groups in total. The van der Waals surface area contributed by atoms with Gasteiger partial charge in [-0.25, -0.2) is 5.43 Å². The second-order valence-electron chi connectivity index (χ2n) is 4.81. The number of hydrogen-bond donors (Lipinski definition) is 2. The van der Waals surface area contributed by atoms with E-state index in [-0.39, 0.29) is 12.5 Å². The first kappa shape index (κ1) is 15.5. The Bertz CT molecular complexity index is 663. The summed E-state index contributed by atoms with van der Waals surface area (Å²) in [5, 5.41) is 6.91. The molecule has 2 aromatic carbocycles. The molecular formula is C18H19N3O. The summed E-state index contributed by atoms with van der Waals surface area (Å²) in [5.41, 5.74) is 5.62. The molecule has 0 radical (unpaired) electrons. The van der Waals surface area contributed by atoms with E-state index in [2.05, 4.69) is 15.8 Å². The summed E-state index contributed by atoms with van der Waals surface area (Å²) < 4.78 is 0. The van der Waals surface area contributed by atoms with E-state index in [0.29, 0.717) is 0 Å². The molecule has 22 heavy (non-hydrogen) atoms. The molecule has 2 rings (SSSR count). The van der Waals surface area contributed by atoms with Crippen molar-refractivity contribution in [3.63, 3.8) is 0 Å². The number of nitrogens with one attached hydrogen (secondary N) is 2. The van der Waals surface area contributed by atoms with Gasteiger partial charge in [-0.3, -0.25) is 4.79 Å². The third kappa shape index (κ3) is 5.63. The highest BCUT2D eigenvalue weighted by atomic mass is 16.2. The Hall–Kier alpha value is -2.88. The van der Waals surface area contributed by atoms with Gasteiger partial charge in [0.2, 0.25) is 0 Å². The Balaban J connectivity index is 1.71. The van der Waals surface area contributed by atoms with Gasteiger partial charge in [-0.05, 0) is 36.3 Å². The zero-order valence-corrected chi connectivity index (χ0v) is 12.5. The molecule has 0 saturated heterocycles. The minimum Gasteiger partial charge on any atom is -0.376 e. The van der Waals surface area contributed by atoms with E-state index in [1.165, 1.54) is 0 Å². The second-order valence-corrected chi connectivity index (χ2v) is 4.81. The van der Waals surface area contributed by atoms with Gasteiger partial charge < -0.3 is 5.32 Å². The minimum absolute atomic E-state index is 0.184. The molecule has 0 aliphatic carbocycles. The third-order valence-electron chi connectivity index (χ3n) is 2.91. The monoisotopic (exact) mass is 293 g/mol. The number of aryl methyl sites for hydroxylation is 1. The molecule has 0 fully saturated rings. The summed E-state index contributed by atoms with van der Waals surface area (Å²) in [6.45, 7) is 2.19. The van der Waals surface area contributed by atoms with Crippen molar-refractivity contribution in [1.82, 2.24) is 5.43 Å². The standard InChI is InChI=1S/C18H19N3O/c1-15-7-5-11-17(13-15)19-14-18(22)21-20-12-6-10-16-8-3-2-4-9-16/h2-13,19H,14H2,1H3,(H,21,22). The molecule has 0 atom stereocenters. The summed E-state index contributed by atoms with van der Waals surface area (Å²) >= 11 is 0. The number of rotatable bonds is 6. The van der Waals surface area contributed by atoms with Crippen molar-refractivity contribution < 1.29 is 4.79 Å². The fraction of sp³-hybridized carbons (Fsp3) is 0.111. The first-order chi connectivity index (χ1) is 10.7. The molecule has 4 nitrogen and oxygen atoms in total. The number of benzene rings is 2. The van der Waals surface area contributed by atoms with Gasteiger partial charge in [0, 0.05) is 11.9 Å². The number of hydrogen-bond acceptors (Lipinski definition) is 3. The highest BCUT2D eigenvalue weighted by molar-refractivity contribution is 5.83. The van der Waals surface area contributed by atoms with Gasteiger partial charge in [-0.2, -0.15) is 5.10 Å². The zero-order chi connectivity index (χ0) is 15.6. The van der Waals surface area contributed by atoms with E-state index in [9.17, 15) is 4.79 Å². The van der Waals surface area contributed by atoms with Crippen molar-refractivity contribution in [2.45, 2.75) is 6.92 Å². The average molecular weight is 293 g/mol. The molecule has 0 spiro atoms. The number of allylic oxidation sites excluding steroid dienone is 1. The van der Waals surface area contributed by atoms with Gasteiger partial charge in [-0.15, -0.1) is 0 Å². The van der Waals surface area contributed by atoms with E-state index in [0.717, 1.165) is 16.8 Å². The van der Waals surface area contributed by atoms with Crippen molar-refractivity contribution in [2.75, 3.05) is 11.9 Å². The summed E-state index contributed by atoms with van der Waals surface area (Å²) in [6, 6.07) is 17.8. The van der Waals surface area contributed by atoms with E-state index in [1.54, 1.807) is 12.3 Å². The summed E-state index contributed by atoms with van der Waals surface area (Å²) in [7, 11) is 0. The van der Waals surface area contributed by atoms with Crippen molar-refractivity contribution in [1.29, 1.82) is 0 Å². The van der Waals surface area contributed by atoms with Gasteiger partial charge in [0.15, 0.2) is 0 Å². The Morgan fingerprint density at radius 1 is 1.14 bits per heavy atom. The maximum absolute atomic E-state index is 11.6. The molecule has 0 aromatic heterocycles. The minimum atomic E-state index is -0.189. The van der Waals surface area contributed by atoms with Crippen LogP contribution in [0, 0.1) is 6.92 Å². The van der Waals surface area contributed by atoms with Crippen LogP contribution >= 0.6 is 0 Å². The van der Waals surface area contributed by atoms with E-state index >= 15 is 0 Å². The van der Waals surface area contributed by atoms with Crippen LogP contribution in [0.3, 0.4) is 0 Å². The molecule has 4 heteroatoms. The van der Waals surface area contributed by atoms with Crippen LogP contribution in [0.25, 0.3) is 6.08 Å². The number of hydrazone groups is 1. The Labute approximate surface area is 130 Å². The highest BCUT2D eigenvalue weighted by Gasteiger charge is 1.98. The van der Waals surface area contributed by atoms with E-state index < -0.39 is 0 Å². The quantitative estimate of drug-likeness (QED) is 0.634. The Morgan fingerprint density at radius 3 is 2.73 bits per heavy atom. The molecule has 1 amide bonds. The van der Waals surface area contributed by atoms with Crippen LogP contribution in [-0.4, -0.2) is 18.7 Å². The summed E-state index contributed by atoms with van der Waals surface area (Å²) in [4.78, 5) is 11.6. The molecule has 2 aromatic rings. The summed E-state index contributed by atoms with van der Waals surface area (Å²) in [5.74, 6) is -0.189. The topological polar surface area (TPSA) is 53.5 Å². The number of carbonyl (C=O) groups excluding carboxylic acids is 1. The van der Waals surface area contributed by atoms with Gasteiger partial charge >= 0.3 is 0 Å². The smallest absolute Gasteiger partial charge is 0.259 e. The lowest BCUT2D eigenvalue weighted by Crippen LogP contribution is -2.25. The van der Waals surface area contributed by atoms with E-state index in [4.69, 9.17) is 0 Å². The van der Waals surface area contributed by atoms with Crippen LogP contribution in [0.4, 0.5) is 5.69 Å². The fourth-order valence-corrected chi connectivity index (χ4v) is 1.85. The molecule has 0 aliphatic rings. The lowest BCUT2D eigenvalue weighted by molar-refractivity contribution is -0.119. The van der Waals surface area contributed by atoms with Crippen molar-refractivity contribution in [3.8, 4) is 0 Å². The molecule has 0 bridgehead atoms. The van der Waals surface area contributed by atoms with Crippen LogP contribution in [0.2, 0.25) is 0 Å². The molecule has 0 saturated carbocycles. The van der Waals surface area contributed by atoms with Crippen LogP contribution in [-0.2, 0) is 4.79 Å². The first-order valence-electron chi connectivity index (χ1n) is 7.08. The maximum Gasteiger partial charge on any atom is 0.259 e. The predicted octanol–water partition coefficient (Wildman–Crippen LogP) is 3.22. The highest BCUT2D eigenvalue weighted by Crippen LogP contribution is 2.08. The number of nitrogens with zero attached hydrogens (tertiary/aromatic N) is 1. The first-order valence-corrected chi connectivity index (χ1v) is 7.08. The van der Waals surface area contributed by atoms with Gasteiger partial charge in [0.25, 0.3) is 5.91 Å². The molecule has 0 aliphatic heterocycles. The second kappa shape index (κ2) is 8.42. The van der Waals surface area contributed by atoms with Crippen LogP contribution in [0.1, 0.15) is 11.1 Å². The summed E-state index contributed by atoms with van der Waals surface area (Å²) in [6.07, 6.45) is 5.25. The van der Waals surface area contributed by atoms with Gasteiger partial charge in [0.05, 0.1) is 6.54 Å². The Kier molecular flexibility index (Phi) is 5.93. The van der Waals surface area contributed by atoms with Crippen molar-refractivity contribution in [3.05, 3.63) is 71.8 Å². The number of amides is 1. The normalized spacial score (nSPS) is 11.0. The lowest BCUT2D eigenvalue weighted by Gasteiger charge is -2.05. The van der Waals surface area contributed by atoms with Crippen LogP contribution in [0.5, 0.6) is 0 Å². The molecule has 0 heterocycles. The van der Waals surface area contributed by atoms with Gasteiger partial charge in [0.1, 0.15) is 0 Å². The fourth-order valence-electron chi connectivity index (χ4n) is 1.85. The van der Waals surface area contributed by atoms with Crippen LogP contribution < -0.4 is 10.7 Å². The number of anilines is 1. The molecule has 0 unspecified atom stereocenters. The zero-order valence-electron chi connectivity index (χ0n) is 12.5. The third-order valence-corrected chi connectivity index (χ3v) is 2.91. The maximum atomic E-state index is 11.6. The largest absolute Gasteiger partial charge is 0.376 e. The average Bonchev–Trinajstić information content (AvgIpc) is 2.54. The predicted molar refractivity (Wildman–Crippen MR) is 91.8 cm³/mol. The lowest BCUT2D eigenvalue weighted by atomic mass is 10.2. The SMILES string of the molecule is Cc1cccc(NCC(=O)NN=CC=Cc2ccccc2)c1. The Morgan fingerprint density at radius 2 is 1.95 bits per heavy atom. The van der Waals surface area contributed by atoms with E-state index in [1.807, 2.05) is 67.6 Å². The molecule has 112 valence electrons. The number of carbonyl (C=O) groups is 1. The molecular weight excluding hydrogens is 274 g/mol. The van der Waals surface area contributed by atoms with Crippen molar-refractivity contribution >= 4 is 23.9 Å².